The highest BCUT2D eigenvalue weighted by Crippen LogP contribution is 2.44. The molecule has 1 aliphatic carbocycles. The highest BCUT2D eigenvalue weighted by molar-refractivity contribution is 5.84. The topological polar surface area (TPSA) is 114 Å². The number of hydrogen-bond donors (Lipinski definition) is 3. The van der Waals surface area contributed by atoms with Crippen molar-refractivity contribution in [3.8, 4) is 11.1 Å². The van der Waals surface area contributed by atoms with E-state index < -0.39 is 30.1 Å². The maximum atomic E-state index is 12.3. The summed E-state index contributed by atoms with van der Waals surface area (Å²) in [6, 6.07) is 15.1. The number of alkyl carbamates (subject to hydrolysis) is 1. The second-order valence-electron chi connectivity index (χ2n) is 7.75. The molecule has 3 rings (SSSR count). The summed E-state index contributed by atoms with van der Waals surface area (Å²) in [6.45, 7) is 3.71. The minimum Gasteiger partial charge on any atom is -0.480 e. The number of carbonyl (C=O) groups is 3. The van der Waals surface area contributed by atoms with Crippen molar-refractivity contribution in [2.75, 3.05) is 20.3 Å². The largest absolute Gasteiger partial charge is 0.480 e. The van der Waals surface area contributed by atoms with Crippen molar-refractivity contribution < 1.29 is 29.0 Å². The highest BCUT2D eigenvalue weighted by Gasteiger charge is 2.29. The molecule has 0 aliphatic heterocycles. The molecule has 3 N–H and O–H groups in total. The van der Waals surface area contributed by atoms with Crippen LogP contribution in [-0.4, -0.2) is 55.5 Å². The summed E-state index contributed by atoms with van der Waals surface area (Å²) in [7, 11) is 1.41. The normalized spacial score (nSPS) is 13.8. The molecule has 0 saturated carbocycles. The average Bonchev–Trinajstić information content (AvgIpc) is 3.13. The van der Waals surface area contributed by atoms with Crippen LogP contribution in [0, 0.1) is 0 Å². The number of hydrogen-bond acceptors (Lipinski definition) is 5. The van der Waals surface area contributed by atoms with Gasteiger partial charge in [-0.25, -0.2) is 9.59 Å². The molecule has 0 bridgehead atoms. The van der Waals surface area contributed by atoms with E-state index in [1.54, 1.807) is 0 Å². The van der Waals surface area contributed by atoms with Crippen LogP contribution >= 0.6 is 0 Å². The lowest BCUT2D eigenvalue weighted by Gasteiger charge is -2.19. The zero-order valence-electron chi connectivity index (χ0n) is 18.5. The molecule has 33 heavy (non-hydrogen) atoms. The summed E-state index contributed by atoms with van der Waals surface area (Å²) in [4.78, 5) is 35.6. The number of rotatable bonds is 11. The van der Waals surface area contributed by atoms with Crippen molar-refractivity contribution in [2.45, 2.75) is 30.9 Å². The van der Waals surface area contributed by atoms with Gasteiger partial charge < -0.3 is 25.2 Å². The Morgan fingerprint density at radius 3 is 2.24 bits per heavy atom. The van der Waals surface area contributed by atoms with Gasteiger partial charge in [0.2, 0.25) is 5.91 Å². The van der Waals surface area contributed by atoms with Crippen molar-refractivity contribution in [2.24, 2.45) is 0 Å². The number of fused-ring (bicyclic) bond motifs is 3. The molecule has 2 atom stereocenters. The molecule has 0 spiro atoms. The molecule has 0 aromatic heterocycles. The first-order valence-electron chi connectivity index (χ1n) is 10.7. The second kappa shape index (κ2) is 11.3. The molecule has 2 unspecified atom stereocenters. The summed E-state index contributed by atoms with van der Waals surface area (Å²) in [6.07, 6.45) is 0.168. The Balaban J connectivity index is 1.50. The van der Waals surface area contributed by atoms with Gasteiger partial charge in [-0.3, -0.25) is 4.79 Å². The standard InChI is InChI=1S/C25H28N2O6/c1-3-8-22(24(29)30)27-23(28)13-16(32-2)14-26-25(31)33-15-21-19-11-6-4-9-17(19)18-10-5-7-12-20(18)21/h3-7,9-12,16,21-22H,1,8,13-15H2,2H3,(H,26,31)(H,27,28)(H,29,30). The number of aliphatic carboxylic acids is 1. The van der Waals surface area contributed by atoms with E-state index in [1.165, 1.54) is 13.2 Å². The molecule has 0 radical (unpaired) electrons. The van der Waals surface area contributed by atoms with Gasteiger partial charge in [0, 0.05) is 19.6 Å². The second-order valence-corrected chi connectivity index (χ2v) is 7.75. The van der Waals surface area contributed by atoms with E-state index >= 15 is 0 Å². The Labute approximate surface area is 192 Å². The van der Waals surface area contributed by atoms with Crippen LogP contribution in [0.4, 0.5) is 4.79 Å². The van der Waals surface area contributed by atoms with Crippen LogP contribution in [0.1, 0.15) is 29.9 Å². The van der Waals surface area contributed by atoms with Crippen LogP contribution < -0.4 is 10.6 Å². The number of carboxylic acid groups (broad SMARTS) is 1. The molecule has 0 fully saturated rings. The number of nitrogens with one attached hydrogen (secondary N) is 2. The van der Waals surface area contributed by atoms with E-state index in [2.05, 4.69) is 29.3 Å². The van der Waals surface area contributed by atoms with E-state index in [0.717, 1.165) is 22.3 Å². The fourth-order valence-corrected chi connectivity index (χ4v) is 3.93. The van der Waals surface area contributed by atoms with Crippen molar-refractivity contribution in [3.63, 3.8) is 0 Å². The molecule has 0 heterocycles. The van der Waals surface area contributed by atoms with E-state index in [1.807, 2.05) is 36.4 Å². The third-order valence-corrected chi connectivity index (χ3v) is 5.60. The van der Waals surface area contributed by atoms with Gasteiger partial charge in [-0.05, 0) is 28.7 Å². The molecule has 2 aromatic carbocycles. The first-order chi connectivity index (χ1) is 15.9. The summed E-state index contributed by atoms with van der Waals surface area (Å²) in [5.74, 6) is -1.69. The van der Waals surface area contributed by atoms with Gasteiger partial charge in [0.05, 0.1) is 12.5 Å². The van der Waals surface area contributed by atoms with Crippen molar-refractivity contribution in [1.29, 1.82) is 0 Å². The van der Waals surface area contributed by atoms with Crippen LogP contribution in [0.3, 0.4) is 0 Å². The Morgan fingerprint density at radius 1 is 1.09 bits per heavy atom. The molecule has 0 saturated heterocycles. The van der Waals surface area contributed by atoms with E-state index in [-0.39, 0.29) is 31.9 Å². The van der Waals surface area contributed by atoms with Gasteiger partial charge in [0.1, 0.15) is 12.6 Å². The molecule has 2 amide bonds. The quantitative estimate of drug-likeness (QED) is 0.452. The molecular weight excluding hydrogens is 424 g/mol. The number of carboxylic acids is 1. The van der Waals surface area contributed by atoms with Crippen molar-refractivity contribution in [3.05, 3.63) is 72.3 Å². The Morgan fingerprint density at radius 2 is 1.70 bits per heavy atom. The van der Waals surface area contributed by atoms with Gasteiger partial charge in [-0.15, -0.1) is 6.58 Å². The molecule has 2 aromatic rings. The smallest absolute Gasteiger partial charge is 0.407 e. The van der Waals surface area contributed by atoms with E-state index in [4.69, 9.17) is 14.6 Å². The Kier molecular flexibility index (Phi) is 8.21. The lowest BCUT2D eigenvalue weighted by atomic mass is 9.98. The van der Waals surface area contributed by atoms with Crippen LogP contribution in [0.5, 0.6) is 0 Å². The first-order valence-corrected chi connectivity index (χ1v) is 10.7. The fraction of sp³-hybridized carbons (Fsp3) is 0.320. The number of benzene rings is 2. The van der Waals surface area contributed by atoms with Gasteiger partial charge in [0.15, 0.2) is 0 Å². The zero-order valence-corrected chi connectivity index (χ0v) is 18.5. The maximum Gasteiger partial charge on any atom is 0.407 e. The Bertz CT molecular complexity index is 976. The lowest BCUT2D eigenvalue weighted by Crippen LogP contribution is -2.43. The van der Waals surface area contributed by atoms with Gasteiger partial charge in [0.25, 0.3) is 0 Å². The number of amides is 2. The predicted octanol–water partition coefficient (Wildman–Crippen LogP) is 3.08. The van der Waals surface area contributed by atoms with Gasteiger partial charge in [-0.2, -0.15) is 0 Å². The summed E-state index contributed by atoms with van der Waals surface area (Å²) in [5, 5.41) is 14.2. The van der Waals surface area contributed by atoms with Crippen molar-refractivity contribution >= 4 is 18.0 Å². The van der Waals surface area contributed by atoms with Crippen LogP contribution in [0.2, 0.25) is 0 Å². The lowest BCUT2D eigenvalue weighted by molar-refractivity contribution is -0.142. The number of ether oxygens (including phenoxy) is 2. The minimum atomic E-state index is -1.14. The van der Waals surface area contributed by atoms with Crippen LogP contribution in [-0.2, 0) is 19.1 Å². The first kappa shape index (κ1) is 24.0. The molecule has 174 valence electrons. The number of carbonyl (C=O) groups excluding carboxylic acids is 2. The van der Waals surface area contributed by atoms with Crippen molar-refractivity contribution in [1.82, 2.24) is 10.6 Å². The van der Waals surface area contributed by atoms with E-state index in [0.29, 0.717) is 0 Å². The Hall–Kier alpha value is -3.65. The molecule has 1 aliphatic rings. The molecule has 8 nitrogen and oxygen atoms in total. The highest BCUT2D eigenvalue weighted by atomic mass is 16.5. The third kappa shape index (κ3) is 5.98. The third-order valence-electron chi connectivity index (χ3n) is 5.60. The molecule has 8 heteroatoms. The predicted molar refractivity (Wildman–Crippen MR) is 123 cm³/mol. The SMILES string of the molecule is C=CCC(NC(=O)CC(CNC(=O)OCC1c2ccccc2-c2ccccc21)OC)C(=O)O. The number of methoxy groups -OCH3 is 1. The van der Waals surface area contributed by atoms with Gasteiger partial charge in [-0.1, -0.05) is 54.6 Å². The fourth-order valence-electron chi connectivity index (χ4n) is 3.93. The summed E-state index contributed by atoms with van der Waals surface area (Å²) >= 11 is 0. The minimum absolute atomic E-state index is 0.0415. The average molecular weight is 453 g/mol. The zero-order chi connectivity index (χ0) is 23.8. The molecular formula is C25H28N2O6. The van der Waals surface area contributed by atoms with Crippen LogP contribution in [0.15, 0.2) is 61.2 Å². The van der Waals surface area contributed by atoms with Gasteiger partial charge >= 0.3 is 12.1 Å². The summed E-state index contributed by atoms with van der Waals surface area (Å²) in [5.41, 5.74) is 4.52. The van der Waals surface area contributed by atoms with E-state index in [9.17, 15) is 14.4 Å². The summed E-state index contributed by atoms with van der Waals surface area (Å²) < 4.78 is 10.7. The monoisotopic (exact) mass is 452 g/mol. The maximum absolute atomic E-state index is 12.3. The van der Waals surface area contributed by atoms with Crippen LogP contribution in [0.25, 0.3) is 11.1 Å².